The van der Waals surface area contributed by atoms with E-state index in [0.29, 0.717) is 12.8 Å². The van der Waals surface area contributed by atoms with Gasteiger partial charge in [0.25, 0.3) is 0 Å². The van der Waals surface area contributed by atoms with Crippen molar-refractivity contribution in [3.05, 3.63) is 131 Å². The highest BCUT2D eigenvalue weighted by molar-refractivity contribution is 5.92. The molecule has 0 fully saturated rings. The van der Waals surface area contributed by atoms with Gasteiger partial charge < -0.3 is 9.47 Å². The van der Waals surface area contributed by atoms with E-state index in [0.717, 1.165) is 67.2 Å². The third-order valence-corrected chi connectivity index (χ3v) is 8.07. The number of rotatable bonds is 10. The Kier molecular flexibility index (Phi) is 8.28. The molecule has 0 amide bonds. The van der Waals surface area contributed by atoms with E-state index in [1.54, 1.807) is 26.6 Å². The molecule has 220 valence electrons. The zero-order valence-corrected chi connectivity index (χ0v) is 25.3. The number of methoxy groups -OCH3 is 2. The van der Waals surface area contributed by atoms with Crippen LogP contribution in [0.2, 0.25) is 0 Å². The van der Waals surface area contributed by atoms with Crippen molar-refractivity contribution in [1.82, 2.24) is 19.9 Å². The number of fused-ring (bicyclic) bond motifs is 2. The van der Waals surface area contributed by atoms with Gasteiger partial charge in [0.05, 0.1) is 48.5 Å². The van der Waals surface area contributed by atoms with Crippen molar-refractivity contribution in [3.63, 3.8) is 0 Å². The van der Waals surface area contributed by atoms with Crippen molar-refractivity contribution >= 4 is 27.6 Å². The van der Waals surface area contributed by atoms with Crippen LogP contribution in [-0.4, -0.2) is 39.9 Å². The summed E-state index contributed by atoms with van der Waals surface area (Å²) in [5.41, 5.74) is 6.91. The average Bonchev–Trinajstić information content (AvgIpc) is 3.05. The Morgan fingerprint density at radius 3 is 1.50 bits per heavy atom. The lowest BCUT2D eigenvalue weighted by Crippen LogP contribution is -2.26. The highest BCUT2D eigenvalue weighted by Gasteiger charge is 2.32. The molecule has 0 N–H and O–H groups in total. The number of ether oxygens (including phenoxy) is 2. The number of nitrogens with zero attached hydrogens (tertiary/aromatic N) is 4. The molecule has 7 heteroatoms. The van der Waals surface area contributed by atoms with Crippen molar-refractivity contribution in [2.75, 3.05) is 14.2 Å². The van der Waals surface area contributed by atoms with Gasteiger partial charge in [-0.05, 0) is 98.5 Å². The first-order valence-electron chi connectivity index (χ1n) is 14.7. The Morgan fingerprint density at radius 2 is 1.09 bits per heavy atom. The fourth-order valence-electron chi connectivity index (χ4n) is 5.88. The Labute approximate surface area is 257 Å². The van der Waals surface area contributed by atoms with Gasteiger partial charge in [-0.2, -0.15) is 0 Å². The molecular weight excluding hydrogens is 548 g/mol. The second-order valence-electron chi connectivity index (χ2n) is 11.1. The number of pyridine rings is 4. The molecule has 6 rings (SSSR count). The topological polar surface area (TPSA) is 87.1 Å². The summed E-state index contributed by atoms with van der Waals surface area (Å²) in [5, 5.41) is 1.82. The summed E-state index contributed by atoms with van der Waals surface area (Å²) in [7, 11) is 3.31. The summed E-state index contributed by atoms with van der Waals surface area (Å²) >= 11 is 0. The molecule has 4 heterocycles. The third-order valence-electron chi connectivity index (χ3n) is 8.07. The van der Waals surface area contributed by atoms with E-state index in [2.05, 4.69) is 22.1 Å². The lowest BCUT2D eigenvalue weighted by atomic mass is 9.80. The van der Waals surface area contributed by atoms with Gasteiger partial charge in [0.1, 0.15) is 11.5 Å². The molecule has 2 aromatic carbocycles. The number of carbonyl (C=O) groups excluding carboxylic acids is 1. The number of ketones is 1. The first-order chi connectivity index (χ1) is 21.4. The molecule has 0 saturated carbocycles. The fourth-order valence-corrected chi connectivity index (χ4v) is 5.88. The summed E-state index contributed by atoms with van der Waals surface area (Å²) in [6, 6.07) is 27.6. The molecule has 0 saturated heterocycles. The number of Topliss-reactive ketones (excluding diaryl/α,β-unsaturated/α-hetero) is 1. The van der Waals surface area contributed by atoms with Gasteiger partial charge in [-0.3, -0.25) is 24.7 Å². The van der Waals surface area contributed by atoms with Crippen LogP contribution < -0.4 is 9.47 Å². The predicted molar refractivity (Wildman–Crippen MR) is 172 cm³/mol. The molecule has 0 aliphatic heterocycles. The summed E-state index contributed by atoms with van der Waals surface area (Å²) < 4.78 is 11.2. The van der Waals surface area contributed by atoms with Crippen LogP contribution in [-0.2, 0) is 17.6 Å². The van der Waals surface area contributed by atoms with Crippen LogP contribution in [0.1, 0.15) is 45.7 Å². The van der Waals surface area contributed by atoms with E-state index >= 15 is 0 Å². The predicted octanol–water partition coefficient (Wildman–Crippen LogP) is 7.13. The van der Waals surface area contributed by atoms with Crippen LogP contribution in [0.4, 0.5) is 0 Å². The van der Waals surface area contributed by atoms with Gasteiger partial charge >= 0.3 is 0 Å². The van der Waals surface area contributed by atoms with Crippen molar-refractivity contribution in [2.24, 2.45) is 0 Å². The highest BCUT2D eigenvalue weighted by atomic mass is 16.5. The first-order valence-corrected chi connectivity index (χ1v) is 14.7. The smallest absolute Gasteiger partial charge is 0.151 e. The molecule has 2 atom stereocenters. The van der Waals surface area contributed by atoms with Gasteiger partial charge in [-0.1, -0.05) is 24.3 Å². The number of hydrogen-bond donors (Lipinski definition) is 0. The molecule has 0 radical (unpaired) electrons. The largest absolute Gasteiger partial charge is 0.496 e. The van der Waals surface area contributed by atoms with Gasteiger partial charge in [0.2, 0.25) is 0 Å². The quantitative estimate of drug-likeness (QED) is 0.170. The van der Waals surface area contributed by atoms with Crippen LogP contribution in [0.5, 0.6) is 11.5 Å². The summed E-state index contributed by atoms with van der Waals surface area (Å²) in [6.45, 7) is 3.90. The van der Waals surface area contributed by atoms with Crippen molar-refractivity contribution in [2.45, 2.75) is 38.5 Å². The van der Waals surface area contributed by atoms with E-state index in [-0.39, 0.29) is 5.78 Å². The molecule has 44 heavy (non-hydrogen) atoms. The number of benzene rings is 2. The van der Waals surface area contributed by atoms with E-state index in [4.69, 9.17) is 19.4 Å². The maximum absolute atomic E-state index is 14.9. The summed E-state index contributed by atoms with van der Waals surface area (Å²) in [4.78, 5) is 33.6. The maximum atomic E-state index is 14.9. The second-order valence-corrected chi connectivity index (χ2v) is 11.1. The highest BCUT2D eigenvalue weighted by Crippen LogP contribution is 2.34. The molecule has 6 aromatic rings. The van der Waals surface area contributed by atoms with E-state index in [1.807, 2.05) is 86.6 Å². The van der Waals surface area contributed by atoms with Crippen LogP contribution in [0.15, 0.2) is 97.3 Å². The Bertz CT molecular complexity index is 1830. The van der Waals surface area contributed by atoms with Gasteiger partial charge in [-0.15, -0.1) is 0 Å². The molecular formula is C37H34N4O3. The lowest BCUT2D eigenvalue weighted by molar-refractivity contribution is -0.122. The first kappa shape index (κ1) is 28.9. The number of hydrogen-bond acceptors (Lipinski definition) is 7. The second kappa shape index (κ2) is 12.6. The molecule has 7 nitrogen and oxygen atoms in total. The average molecular weight is 583 g/mol. The van der Waals surface area contributed by atoms with Crippen LogP contribution >= 0.6 is 0 Å². The van der Waals surface area contributed by atoms with E-state index in [9.17, 15) is 4.79 Å². The lowest BCUT2D eigenvalue weighted by Gasteiger charge is -2.23. The normalized spacial score (nSPS) is 12.6. The van der Waals surface area contributed by atoms with Crippen molar-refractivity contribution in [1.29, 1.82) is 0 Å². The fraction of sp³-hybridized carbons (Fsp3) is 0.216. The van der Waals surface area contributed by atoms with Crippen LogP contribution in [0, 0.1) is 13.8 Å². The molecule has 2 unspecified atom stereocenters. The van der Waals surface area contributed by atoms with Gasteiger partial charge in [0.15, 0.2) is 5.78 Å². The van der Waals surface area contributed by atoms with Gasteiger partial charge in [-0.25, -0.2) is 0 Å². The maximum Gasteiger partial charge on any atom is 0.151 e. The van der Waals surface area contributed by atoms with Crippen molar-refractivity contribution in [3.8, 4) is 11.5 Å². The number of aryl methyl sites for hydroxylation is 2. The van der Waals surface area contributed by atoms with E-state index in [1.165, 1.54) is 0 Å². The molecule has 0 spiro atoms. The molecule has 0 aliphatic rings. The van der Waals surface area contributed by atoms with Crippen molar-refractivity contribution < 1.29 is 14.3 Å². The zero-order chi connectivity index (χ0) is 30.6. The zero-order valence-electron chi connectivity index (χ0n) is 25.3. The minimum absolute atomic E-state index is 0.0673. The standard InChI is InChI=1S/C37H34N4O3/c1-23-7-5-9-33(40-23)29(21-25-11-13-31-27(19-25)35(43-3)15-17-38-31)37(42)30(34-10-6-8-24(2)41-34)22-26-12-14-32-28(20-26)36(44-4)16-18-39-32/h5-20,29-30H,21-22H2,1-4H3. The Morgan fingerprint density at radius 1 is 0.636 bits per heavy atom. The SMILES string of the molecule is COc1ccnc2ccc(CC(C(=O)C(Cc3ccc4nccc(OC)c4c3)c3cccc(C)n3)c3cccc(C)n3)cc12. The van der Waals surface area contributed by atoms with Crippen LogP contribution in [0.25, 0.3) is 21.8 Å². The third kappa shape index (κ3) is 5.99. The van der Waals surface area contributed by atoms with Crippen LogP contribution in [0.3, 0.4) is 0 Å². The molecule has 0 aliphatic carbocycles. The number of carbonyl (C=O) groups is 1. The Balaban J connectivity index is 1.44. The Hall–Kier alpha value is -5.17. The molecule has 4 aromatic heterocycles. The van der Waals surface area contributed by atoms with E-state index < -0.39 is 11.8 Å². The minimum atomic E-state index is -0.501. The number of aromatic nitrogens is 4. The summed E-state index contributed by atoms with van der Waals surface area (Å²) in [6.07, 6.45) is 4.42. The van der Waals surface area contributed by atoms with Gasteiger partial charge in [0, 0.05) is 34.6 Å². The summed E-state index contributed by atoms with van der Waals surface area (Å²) in [5.74, 6) is 0.559. The monoisotopic (exact) mass is 582 g/mol. The molecule has 0 bridgehead atoms. The minimum Gasteiger partial charge on any atom is -0.496 e.